The molecule has 0 saturated carbocycles. The van der Waals surface area contributed by atoms with Crippen LogP contribution >= 0.6 is 0 Å². The summed E-state index contributed by atoms with van der Waals surface area (Å²) in [7, 11) is 0. The summed E-state index contributed by atoms with van der Waals surface area (Å²) in [6.07, 6.45) is 4.41. The smallest absolute Gasteiger partial charge is 0.0697 e. The molecule has 4 heteroatoms. The van der Waals surface area contributed by atoms with Crippen LogP contribution in [-0.4, -0.2) is 28.3 Å². The van der Waals surface area contributed by atoms with Gasteiger partial charge in [-0.05, 0) is 30.8 Å². The van der Waals surface area contributed by atoms with E-state index in [-0.39, 0.29) is 0 Å². The Morgan fingerprint density at radius 3 is 2.67 bits per heavy atom. The van der Waals surface area contributed by atoms with Gasteiger partial charge in [-0.1, -0.05) is 17.3 Å². The lowest BCUT2D eigenvalue weighted by Crippen LogP contribution is -1.96. The molecule has 15 heavy (non-hydrogen) atoms. The van der Waals surface area contributed by atoms with Gasteiger partial charge < -0.3 is 4.99 Å². The van der Waals surface area contributed by atoms with Gasteiger partial charge in [0.25, 0.3) is 0 Å². The molecule has 0 N–H and O–H groups in total. The van der Waals surface area contributed by atoms with Gasteiger partial charge in [-0.15, -0.1) is 5.10 Å². The third-order valence-corrected chi connectivity index (χ3v) is 2.18. The number of benzene rings is 1. The van der Waals surface area contributed by atoms with Crippen molar-refractivity contribution in [3.05, 3.63) is 42.2 Å². The van der Waals surface area contributed by atoms with Gasteiger partial charge in [-0.25, -0.2) is 4.68 Å². The van der Waals surface area contributed by atoms with E-state index in [1.54, 1.807) is 10.9 Å². The van der Waals surface area contributed by atoms with Crippen LogP contribution in [0.2, 0.25) is 0 Å². The molecule has 1 aromatic heterocycles. The van der Waals surface area contributed by atoms with Gasteiger partial charge >= 0.3 is 0 Å². The van der Waals surface area contributed by atoms with Crippen LogP contribution in [0.4, 0.5) is 0 Å². The first-order valence-electron chi connectivity index (χ1n) is 4.78. The van der Waals surface area contributed by atoms with Crippen molar-refractivity contribution >= 4 is 6.72 Å². The van der Waals surface area contributed by atoms with Crippen molar-refractivity contribution in [3.63, 3.8) is 0 Å². The Balaban J connectivity index is 2.14. The Labute approximate surface area is 88.3 Å². The Morgan fingerprint density at radius 1 is 1.27 bits per heavy atom. The lowest BCUT2D eigenvalue weighted by atomic mass is 10.1. The third kappa shape index (κ3) is 2.28. The van der Waals surface area contributed by atoms with Crippen LogP contribution in [-0.2, 0) is 6.42 Å². The predicted octanol–water partition coefficient (Wildman–Crippen LogP) is 1.51. The van der Waals surface area contributed by atoms with E-state index in [9.17, 15) is 0 Å². The molecule has 2 aromatic rings. The first-order valence-corrected chi connectivity index (χ1v) is 4.78. The van der Waals surface area contributed by atoms with Crippen molar-refractivity contribution < 1.29 is 0 Å². The van der Waals surface area contributed by atoms with Crippen molar-refractivity contribution in [2.45, 2.75) is 6.42 Å². The molecule has 1 aromatic carbocycles. The van der Waals surface area contributed by atoms with Crippen molar-refractivity contribution in [3.8, 4) is 5.69 Å². The van der Waals surface area contributed by atoms with Crippen LogP contribution in [0.25, 0.3) is 5.69 Å². The lowest BCUT2D eigenvalue weighted by molar-refractivity contribution is 0.802. The highest BCUT2D eigenvalue weighted by Crippen LogP contribution is 2.08. The maximum absolute atomic E-state index is 3.92. The SMILES string of the molecule is C=NCCc1ccc(-n2ccnn2)cc1. The molecule has 0 unspecified atom stereocenters. The molecule has 0 spiro atoms. The van der Waals surface area contributed by atoms with Gasteiger partial charge in [0.2, 0.25) is 0 Å². The summed E-state index contributed by atoms with van der Waals surface area (Å²) < 4.78 is 1.73. The third-order valence-electron chi connectivity index (χ3n) is 2.18. The van der Waals surface area contributed by atoms with Crippen LogP contribution in [0.15, 0.2) is 41.7 Å². The van der Waals surface area contributed by atoms with Gasteiger partial charge in [0.15, 0.2) is 0 Å². The zero-order valence-electron chi connectivity index (χ0n) is 8.37. The summed E-state index contributed by atoms with van der Waals surface area (Å²) in [5.41, 5.74) is 2.27. The summed E-state index contributed by atoms with van der Waals surface area (Å²) in [6, 6.07) is 8.19. The zero-order chi connectivity index (χ0) is 10.5. The van der Waals surface area contributed by atoms with Crippen LogP contribution in [0.3, 0.4) is 0 Å². The second-order valence-corrected chi connectivity index (χ2v) is 3.21. The molecule has 0 aliphatic rings. The van der Waals surface area contributed by atoms with E-state index in [0.29, 0.717) is 0 Å². The molecule has 0 aliphatic heterocycles. The number of nitrogens with zero attached hydrogens (tertiary/aromatic N) is 4. The van der Waals surface area contributed by atoms with Crippen LogP contribution in [0.1, 0.15) is 5.56 Å². The molecule has 0 amide bonds. The standard InChI is InChI=1S/C11H12N4/c1-12-7-6-10-2-4-11(5-3-10)15-9-8-13-14-15/h2-5,8-9H,1,6-7H2. The minimum atomic E-state index is 0.767. The van der Waals surface area contributed by atoms with Crippen LogP contribution < -0.4 is 0 Å². The van der Waals surface area contributed by atoms with E-state index < -0.39 is 0 Å². The van der Waals surface area contributed by atoms with E-state index in [2.05, 4.69) is 34.2 Å². The van der Waals surface area contributed by atoms with Gasteiger partial charge in [-0.3, -0.25) is 0 Å². The van der Waals surface area contributed by atoms with Gasteiger partial charge in [0.05, 0.1) is 18.1 Å². The molecule has 0 radical (unpaired) electrons. The van der Waals surface area contributed by atoms with Crippen LogP contribution in [0, 0.1) is 0 Å². The summed E-state index contributed by atoms with van der Waals surface area (Å²) in [4.78, 5) is 3.83. The van der Waals surface area contributed by atoms with E-state index in [1.165, 1.54) is 5.56 Å². The highest BCUT2D eigenvalue weighted by Gasteiger charge is 1.96. The topological polar surface area (TPSA) is 43.1 Å². The first kappa shape index (κ1) is 9.58. The van der Waals surface area contributed by atoms with E-state index in [0.717, 1.165) is 18.7 Å². The average Bonchev–Trinajstić information content (AvgIpc) is 2.80. The minimum Gasteiger partial charge on any atom is -0.301 e. The molecule has 2 rings (SSSR count). The average molecular weight is 200 g/mol. The summed E-state index contributed by atoms with van der Waals surface area (Å²) in [6.45, 7) is 4.23. The van der Waals surface area contributed by atoms with Crippen molar-refractivity contribution in [2.75, 3.05) is 6.54 Å². The fourth-order valence-corrected chi connectivity index (χ4v) is 1.37. The Morgan fingerprint density at radius 2 is 2.07 bits per heavy atom. The maximum atomic E-state index is 3.92. The monoisotopic (exact) mass is 200 g/mol. The second-order valence-electron chi connectivity index (χ2n) is 3.21. The van der Waals surface area contributed by atoms with E-state index in [1.807, 2.05) is 18.3 Å². The van der Waals surface area contributed by atoms with Gasteiger partial charge in [-0.2, -0.15) is 0 Å². The largest absolute Gasteiger partial charge is 0.301 e. The number of aliphatic imine (C=N–C) groups is 1. The second kappa shape index (κ2) is 4.50. The predicted molar refractivity (Wildman–Crippen MR) is 59.5 cm³/mol. The van der Waals surface area contributed by atoms with Crippen LogP contribution in [0.5, 0.6) is 0 Å². The zero-order valence-corrected chi connectivity index (χ0v) is 8.37. The summed E-state index contributed by atoms with van der Waals surface area (Å²) in [5, 5.41) is 7.68. The molecule has 76 valence electrons. The Kier molecular flexibility index (Phi) is 2.88. The minimum absolute atomic E-state index is 0.767. The van der Waals surface area contributed by atoms with Gasteiger partial charge in [0.1, 0.15) is 0 Å². The number of rotatable bonds is 4. The van der Waals surface area contributed by atoms with Crippen molar-refractivity contribution in [2.24, 2.45) is 4.99 Å². The van der Waals surface area contributed by atoms with Crippen molar-refractivity contribution in [1.29, 1.82) is 0 Å². The molecule has 0 saturated heterocycles. The maximum Gasteiger partial charge on any atom is 0.0697 e. The normalized spacial score (nSPS) is 10.1. The first-order chi connectivity index (χ1) is 7.40. The summed E-state index contributed by atoms with van der Waals surface area (Å²) >= 11 is 0. The number of hydrogen-bond donors (Lipinski definition) is 0. The quantitative estimate of drug-likeness (QED) is 0.702. The molecule has 0 fully saturated rings. The Bertz CT molecular complexity index is 416. The number of aromatic nitrogens is 3. The van der Waals surface area contributed by atoms with Gasteiger partial charge in [0, 0.05) is 6.54 Å². The molecular weight excluding hydrogens is 188 g/mol. The number of hydrogen-bond acceptors (Lipinski definition) is 3. The lowest BCUT2D eigenvalue weighted by Gasteiger charge is -2.02. The molecule has 1 heterocycles. The molecule has 4 nitrogen and oxygen atoms in total. The molecular formula is C11H12N4. The molecule has 0 atom stereocenters. The molecule has 0 bridgehead atoms. The molecule has 0 aliphatic carbocycles. The fraction of sp³-hybridized carbons (Fsp3) is 0.182. The van der Waals surface area contributed by atoms with E-state index in [4.69, 9.17) is 0 Å². The highest BCUT2D eigenvalue weighted by atomic mass is 15.4. The fourth-order valence-electron chi connectivity index (χ4n) is 1.37. The van der Waals surface area contributed by atoms with E-state index >= 15 is 0 Å². The van der Waals surface area contributed by atoms with Crippen molar-refractivity contribution in [1.82, 2.24) is 15.0 Å². The summed E-state index contributed by atoms with van der Waals surface area (Å²) in [5.74, 6) is 0. The Hall–Kier alpha value is -1.97. The highest BCUT2D eigenvalue weighted by molar-refractivity contribution is 5.33.